The van der Waals surface area contributed by atoms with E-state index in [0.29, 0.717) is 38.3 Å². The molecule has 0 bridgehead atoms. The van der Waals surface area contributed by atoms with E-state index in [0.717, 1.165) is 29.5 Å². The number of furan rings is 1. The highest BCUT2D eigenvalue weighted by Crippen LogP contribution is 2.47. The second kappa shape index (κ2) is 10.2. The van der Waals surface area contributed by atoms with E-state index in [2.05, 4.69) is 10.0 Å². The summed E-state index contributed by atoms with van der Waals surface area (Å²) in [6.45, 7) is 0.209. The zero-order valence-corrected chi connectivity index (χ0v) is 23.0. The number of benzene rings is 3. The van der Waals surface area contributed by atoms with Crippen LogP contribution in [-0.4, -0.2) is 39.3 Å². The average Bonchev–Trinajstić information content (AvgIpc) is 3.60. The number of nitrogens with one attached hydrogen (secondary N) is 2. The fraction of sp³-hybridized carbons (Fsp3) is 0.250. The Bertz CT molecular complexity index is 1760. The molecule has 1 aromatic heterocycles. The van der Waals surface area contributed by atoms with Crippen molar-refractivity contribution in [2.45, 2.75) is 31.8 Å². The highest BCUT2D eigenvalue weighted by atomic mass is 35.5. The molecule has 40 heavy (non-hydrogen) atoms. The summed E-state index contributed by atoms with van der Waals surface area (Å²) in [5.74, 6) is -0.540. The summed E-state index contributed by atoms with van der Waals surface area (Å²) in [6.07, 6.45) is 2.01. The molecule has 0 atom stereocenters. The second-order valence-electron chi connectivity index (χ2n) is 10.1. The molecule has 0 unspecified atom stereocenters. The SMILES string of the molecule is CNC(=O)c1c(-c2ccc(F)cc2)oc2cc(NS(=O)(=O)CCc3cc(Cl)c4c(c3)COB4O)c(C3CC3)cc12. The minimum atomic E-state index is -3.78. The van der Waals surface area contributed by atoms with Gasteiger partial charge in [-0.15, -0.1) is 0 Å². The van der Waals surface area contributed by atoms with Crippen LogP contribution in [0, 0.1) is 5.82 Å². The van der Waals surface area contributed by atoms with Gasteiger partial charge in [-0.2, -0.15) is 0 Å². The summed E-state index contributed by atoms with van der Waals surface area (Å²) < 4.78 is 54.0. The van der Waals surface area contributed by atoms with Crippen molar-refractivity contribution >= 4 is 56.8 Å². The number of hydrogen-bond acceptors (Lipinski definition) is 6. The fourth-order valence-electron chi connectivity index (χ4n) is 5.14. The van der Waals surface area contributed by atoms with E-state index in [1.165, 1.54) is 31.3 Å². The Labute approximate surface area is 235 Å². The number of aryl methyl sites for hydroxylation is 1. The third-order valence-electron chi connectivity index (χ3n) is 7.28. The Morgan fingerprint density at radius 1 is 1.18 bits per heavy atom. The number of fused-ring (bicyclic) bond motifs is 2. The quantitative estimate of drug-likeness (QED) is 0.266. The number of halogens is 2. The van der Waals surface area contributed by atoms with Gasteiger partial charge in [0.1, 0.15) is 17.2 Å². The molecule has 2 aliphatic rings. The van der Waals surface area contributed by atoms with Crippen molar-refractivity contribution in [2.75, 3.05) is 17.5 Å². The van der Waals surface area contributed by atoms with E-state index < -0.39 is 23.0 Å². The molecule has 1 fully saturated rings. The molecule has 0 saturated heterocycles. The molecular formula is C28H25BClFN2O6S. The predicted molar refractivity (Wildman–Crippen MR) is 152 cm³/mol. The van der Waals surface area contributed by atoms with Crippen molar-refractivity contribution in [3.63, 3.8) is 0 Å². The molecule has 3 aromatic carbocycles. The first-order valence-corrected chi connectivity index (χ1v) is 14.9. The van der Waals surface area contributed by atoms with Crippen LogP contribution in [0.4, 0.5) is 10.1 Å². The Kier molecular flexibility index (Phi) is 6.86. The van der Waals surface area contributed by atoms with Crippen LogP contribution in [0.15, 0.2) is 52.9 Å². The lowest BCUT2D eigenvalue weighted by molar-refractivity contribution is 0.0964. The van der Waals surface area contributed by atoms with Crippen molar-refractivity contribution in [1.29, 1.82) is 0 Å². The monoisotopic (exact) mass is 582 g/mol. The third kappa shape index (κ3) is 5.10. The zero-order chi connectivity index (χ0) is 28.2. The molecule has 1 saturated carbocycles. The van der Waals surface area contributed by atoms with Gasteiger partial charge in [0.25, 0.3) is 5.91 Å². The molecule has 2 heterocycles. The van der Waals surface area contributed by atoms with Crippen LogP contribution in [0.5, 0.6) is 0 Å². The van der Waals surface area contributed by atoms with Gasteiger partial charge in [0, 0.05) is 34.5 Å². The smallest absolute Gasteiger partial charge is 0.455 e. The van der Waals surface area contributed by atoms with Crippen LogP contribution in [0.1, 0.15) is 45.8 Å². The van der Waals surface area contributed by atoms with E-state index in [9.17, 15) is 22.6 Å². The zero-order valence-electron chi connectivity index (χ0n) is 21.5. The van der Waals surface area contributed by atoms with E-state index >= 15 is 0 Å². The largest absolute Gasteiger partial charge is 0.493 e. The third-order valence-corrected chi connectivity index (χ3v) is 8.87. The summed E-state index contributed by atoms with van der Waals surface area (Å²) >= 11 is 6.30. The van der Waals surface area contributed by atoms with Crippen molar-refractivity contribution in [1.82, 2.24) is 5.32 Å². The van der Waals surface area contributed by atoms with Crippen LogP contribution in [0.2, 0.25) is 5.02 Å². The van der Waals surface area contributed by atoms with Crippen LogP contribution in [0.25, 0.3) is 22.3 Å². The van der Waals surface area contributed by atoms with Crippen molar-refractivity contribution in [2.24, 2.45) is 0 Å². The van der Waals surface area contributed by atoms with Gasteiger partial charge in [0.05, 0.1) is 23.6 Å². The first-order valence-electron chi connectivity index (χ1n) is 12.8. The van der Waals surface area contributed by atoms with E-state index in [-0.39, 0.29) is 36.4 Å². The van der Waals surface area contributed by atoms with Crippen LogP contribution in [0.3, 0.4) is 0 Å². The highest BCUT2D eigenvalue weighted by Gasteiger charge is 2.32. The standard InChI is InChI=1S/C28H25BClFN2O6S/c1-32-28(34)25-21-12-20(16-2-3-16)23(13-24(21)39-27(25)17-4-6-19(31)7-5-17)33-40(36,37)9-8-15-10-18-14-38-29(35)26(18)22(30)11-15/h4-7,10-13,16,33,35H,2-3,8-9,14H2,1H3,(H,32,34). The molecule has 1 aliphatic heterocycles. The number of hydrogen-bond donors (Lipinski definition) is 3. The Balaban J connectivity index is 1.33. The van der Waals surface area contributed by atoms with Crippen LogP contribution in [-0.2, 0) is 27.7 Å². The molecule has 4 aromatic rings. The molecule has 6 rings (SSSR count). The molecule has 12 heteroatoms. The molecule has 3 N–H and O–H groups in total. The molecule has 0 radical (unpaired) electrons. The van der Waals surface area contributed by atoms with Crippen molar-refractivity contribution in [3.05, 3.63) is 81.6 Å². The molecule has 1 amide bonds. The minimum Gasteiger partial charge on any atom is -0.455 e. The summed E-state index contributed by atoms with van der Waals surface area (Å²) in [6, 6.07) is 12.5. The van der Waals surface area contributed by atoms with Gasteiger partial charge in [-0.05, 0) is 78.3 Å². The Hall–Kier alpha value is -3.38. The second-order valence-corrected chi connectivity index (χ2v) is 12.3. The lowest BCUT2D eigenvalue weighted by atomic mass is 9.79. The minimum absolute atomic E-state index is 0.158. The van der Waals surface area contributed by atoms with Crippen LogP contribution >= 0.6 is 11.6 Å². The maximum absolute atomic E-state index is 13.6. The Morgan fingerprint density at radius 3 is 2.62 bits per heavy atom. The fourth-order valence-corrected chi connectivity index (χ4v) is 6.61. The van der Waals surface area contributed by atoms with E-state index in [4.69, 9.17) is 20.7 Å². The van der Waals surface area contributed by atoms with Gasteiger partial charge < -0.3 is 19.4 Å². The maximum Gasteiger partial charge on any atom is 0.493 e. The maximum atomic E-state index is 13.6. The molecule has 0 spiro atoms. The molecule has 1 aliphatic carbocycles. The number of sulfonamides is 1. The van der Waals surface area contributed by atoms with Crippen molar-refractivity contribution in [3.8, 4) is 11.3 Å². The van der Waals surface area contributed by atoms with Gasteiger partial charge in [-0.25, -0.2) is 12.8 Å². The summed E-state index contributed by atoms with van der Waals surface area (Å²) in [4.78, 5) is 12.9. The summed E-state index contributed by atoms with van der Waals surface area (Å²) in [7, 11) is -3.34. The van der Waals surface area contributed by atoms with E-state index in [1.54, 1.807) is 18.2 Å². The van der Waals surface area contributed by atoms with E-state index in [1.807, 2.05) is 6.07 Å². The molecule has 206 valence electrons. The first kappa shape index (κ1) is 26.8. The molecule has 8 nitrogen and oxygen atoms in total. The lowest BCUT2D eigenvalue weighted by Crippen LogP contribution is -2.29. The number of rotatable bonds is 8. The Morgan fingerprint density at radius 2 is 1.93 bits per heavy atom. The lowest BCUT2D eigenvalue weighted by Gasteiger charge is -2.13. The summed E-state index contributed by atoms with van der Waals surface area (Å²) in [5.41, 5.74) is 4.34. The topological polar surface area (TPSA) is 118 Å². The van der Waals surface area contributed by atoms with Gasteiger partial charge in [0.15, 0.2) is 0 Å². The van der Waals surface area contributed by atoms with Gasteiger partial charge in [-0.1, -0.05) is 17.7 Å². The highest BCUT2D eigenvalue weighted by molar-refractivity contribution is 7.92. The van der Waals surface area contributed by atoms with Gasteiger partial charge in [0.2, 0.25) is 10.0 Å². The number of anilines is 1. The van der Waals surface area contributed by atoms with Crippen molar-refractivity contribution < 1.29 is 31.7 Å². The average molecular weight is 583 g/mol. The first-order chi connectivity index (χ1) is 19.1. The van der Waals surface area contributed by atoms with Gasteiger partial charge in [-0.3, -0.25) is 9.52 Å². The normalized spacial score (nSPS) is 14.9. The van der Waals surface area contributed by atoms with Gasteiger partial charge >= 0.3 is 7.12 Å². The van der Waals surface area contributed by atoms with Crippen LogP contribution < -0.4 is 15.5 Å². The molecular weight excluding hydrogens is 558 g/mol. The summed E-state index contributed by atoms with van der Waals surface area (Å²) in [5, 5.41) is 13.4. The predicted octanol–water partition coefficient (Wildman–Crippen LogP) is 4.33. The number of carbonyl (C=O) groups is 1. The number of amides is 1. The number of carbonyl (C=O) groups excluding carboxylic acids is 1.